The van der Waals surface area contributed by atoms with Gasteiger partial charge in [0.15, 0.2) is 0 Å². The first-order valence-corrected chi connectivity index (χ1v) is 6.06. The van der Waals surface area contributed by atoms with Crippen molar-refractivity contribution < 1.29 is 9.53 Å². The number of pyridine rings is 1. The first kappa shape index (κ1) is 12.6. The topological polar surface area (TPSA) is 65.2 Å². The number of aromatic nitrogens is 1. The minimum Gasteiger partial charge on any atom is -0.487 e. The number of carbonyl (C=O) groups excluding carboxylic acids is 1. The number of hydrogen-bond acceptors (Lipinski definition) is 3. The maximum atomic E-state index is 10.9. The Bertz CT molecular complexity index is 555. The van der Waals surface area contributed by atoms with Crippen LogP contribution in [-0.2, 0) is 6.61 Å². The molecule has 0 saturated carbocycles. The van der Waals surface area contributed by atoms with Crippen LogP contribution in [0.15, 0.2) is 47.2 Å². The SMILES string of the molecule is NC(=O)c1ccc(COc2cncc(Br)c2)cc1. The molecule has 1 heterocycles. The molecule has 2 N–H and O–H groups in total. The number of rotatable bonds is 4. The first-order chi connectivity index (χ1) is 8.65. The van der Waals surface area contributed by atoms with E-state index in [2.05, 4.69) is 20.9 Å². The Morgan fingerprint density at radius 3 is 2.61 bits per heavy atom. The standard InChI is InChI=1S/C13H11BrN2O2/c14-11-5-12(7-16-6-11)18-8-9-1-3-10(4-2-9)13(15)17/h1-7H,8H2,(H2,15,17). The zero-order valence-corrected chi connectivity index (χ0v) is 11.1. The third-order valence-electron chi connectivity index (χ3n) is 2.32. The van der Waals surface area contributed by atoms with Gasteiger partial charge in [0.1, 0.15) is 12.4 Å². The van der Waals surface area contributed by atoms with Gasteiger partial charge in [0, 0.05) is 16.2 Å². The average molecular weight is 307 g/mol. The second-order valence-electron chi connectivity index (χ2n) is 3.69. The van der Waals surface area contributed by atoms with E-state index < -0.39 is 5.91 Å². The number of primary amides is 1. The van der Waals surface area contributed by atoms with Gasteiger partial charge in [-0.1, -0.05) is 12.1 Å². The molecule has 0 aliphatic heterocycles. The largest absolute Gasteiger partial charge is 0.487 e. The zero-order chi connectivity index (χ0) is 13.0. The van der Waals surface area contributed by atoms with E-state index in [0.29, 0.717) is 17.9 Å². The van der Waals surface area contributed by atoms with Crippen LogP contribution in [0.4, 0.5) is 0 Å². The molecule has 0 aliphatic rings. The van der Waals surface area contributed by atoms with Crippen LogP contribution in [0.5, 0.6) is 5.75 Å². The molecule has 0 spiro atoms. The molecule has 0 unspecified atom stereocenters. The molecule has 5 heteroatoms. The maximum Gasteiger partial charge on any atom is 0.248 e. The molecule has 0 aliphatic carbocycles. The van der Waals surface area contributed by atoms with Crippen LogP contribution in [0.1, 0.15) is 15.9 Å². The molecule has 0 fully saturated rings. The summed E-state index contributed by atoms with van der Waals surface area (Å²) in [5.74, 6) is 0.252. The number of hydrogen-bond donors (Lipinski definition) is 1. The Hall–Kier alpha value is -1.88. The Balaban J connectivity index is 2.00. The van der Waals surface area contributed by atoms with Crippen molar-refractivity contribution in [3.63, 3.8) is 0 Å². The lowest BCUT2D eigenvalue weighted by atomic mass is 10.1. The van der Waals surface area contributed by atoms with Gasteiger partial charge in [-0.05, 0) is 39.7 Å². The molecule has 18 heavy (non-hydrogen) atoms. The summed E-state index contributed by atoms with van der Waals surface area (Å²) in [4.78, 5) is 14.9. The molecule has 0 saturated heterocycles. The number of nitrogens with zero attached hydrogens (tertiary/aromatic N) is 1. The number of halogens is 1. The molecule has 0 atom stereocenters. The lowest BCUT2D eigenvalue weighted by Crippen LogP contribution is -2.10. The lowest BCUT2D eigenvalue weighted by molar-refractivity contribution is 0.1000. The second-order valence-corrected chi connectivity index (χ2v) is 4.60. The fraction of sp³-hybridized carbons (Fsp3) is 0.0769. The molecule has 92 valence electrons. The smallest absolute Gasteiger partial charge is 0.248 e. The fourth-order valence-electron chi connectivity index (χ4n) is 1.40. The van der Waals surface area contributed by atoms with E-state index in [0.717, 1.165) is 10.0 Å². The van der Waals surface area contributed by atoms with Crippen LogP contribution in [-0.4, -0.2) is 10.9 Å². The summed E-state index contributed by atoms with van der Waals surface area (Å²) in [6.45, 7) is 0.414. The molecule has 1 amide bonds. The van der Waals surface area contributed by atoms with Gasteiger partial charge < -0.3 is 10.5 Å². The molecule has 1 aromatic carbocycles. The van der Waals surface area contributed by atoms with Crippen LogP contribution in [0, 0.1) is 0 Å². The Kier molecular flexibility index (Phi) is 3.94. The third kappa shape index (κ3) is 3.30. The molecular weight excluding hydrogens is 296 g/mol. The molecule has 0 bridgehead atoms. The van der Waals surface area contributed by atoms with Crippen LogP contribution >= 0.6 is 15.9 Å². The van der Waals surface area contributed by atoms with Crippen molar-refractivity contribution in [3.05, 3.63) is 58.3 Å². The van der Waals surface area contributed by atoms with Crippen LogP contribution < -0.4 is 10.5 Å². The molecule has 0 radical (unpaired) electrons. The highest BCUT2D eigenvalue weighted by molar-refractivity contribution is 9.10. The minimum absolute atomic E-state index is 0.414. The van der Waals surface area contributed by atoms with Crippen molar-refractivity contribution in [1.82, 2.24) is 4.98 Å². The van der Waals surface area contributed by atoms with E-state index in [9.17, 15) is 4.79 Å². The monoisotopic (exact) mass is 306 g/mol. The summed E-state index contributed by atoms with van der Waals surface area (Å²) in [6, 6.07) is 8.82. The second kappa shape index (κ2) is 5.64. The highest BCUT2D eigenvalue weighted by atomic mass is 79.9. The summed E-state index contributed by atoms with van der Waals surface area (Å²) in [7, 11) is 0. The normalized spacial score (nSPS) is 10.1. The molecular formula is C13H11BrN2O2. The minimum atomic E-state index is -0.432. The van der Waals surface area contributed by atoms with Crippen LogP contribution in [0.25, 0.3) is 0 Å². The molecule has 1 aromatic heterocycles. The predicted molar refractivity (Wildman–Crippen MR) is 71.2 cm³/mol. The fourth-order valence-corrected chi connectivity index (χ4v) is 1.75. The Morgan fingerprint density at radius 2 is 2.00 bits per heavy atom. The molecule has 2 rings (SSSR count). The number of carbonyl (C=O) groups is 1. The van der Waals surface area contributed by atoms with E-state index in [-0.39, 0.29) is 0 Å². The number of ether oxygens (including phenoxy) is 1. The van der Waals surface area contributed by atoms with Gasteiger partial charge in [0.2, 0.25) is 5.91 Å². The predicted octanol–water partition coefficient (Wildman–Crippen LogP) is 2.52. The average Bonchev–Trinajstić information content (AvgIpc) is 2.37. The first-order valence-electron chi connectivity index (χ1n) is 5.27. The van der Waals surface area contributed by atoms with Crippen LogP contribution in [0.3, 0.4) is 0 Å². The van der Waals surface area contributed by atoms with Gasteiger partial charge in [-0.15, -0.1) is 0 Å². The lowest BCUT2D eigenvalue weighted by Gasteiger charge is -2.06. The number of benzene rings is 1. The van der Waals surface area contributed by atoms with Crippen molar-refractivity contribution >= 4 is 21.8 Å². The van der Waals surface area contributed by atoms with E-state index in [1.807, 2.05) is 18.2 Å². The summed E-state index contributed by atoms with van der Waals surface area (Å²) in [5.41, 5.74) is 6.61. The van der Waals surface area contributed by atoms with Gasteiger partial charge >= 0.3 is 0 Å². The summed E-state index contributed by atoms with van der Waals surface area (Å²) < 4.78 is 6.43. The highest BCUT2D eigenvalue weighted by Gasteiger charge is 2.01. The van der Waals surface area contributed by atoms with Gasteiger partial charge in [0.25, 0.3) is 0 Å². The van der Waals surface area contributed by atoms with Gasteiger partial charge in [0.05, 0.1) is 6.20 Å². The van der Waals surface area contributed by atoms with E-state index in [1.165, 1.54) is 0 Å². The van der Waals surface area contributed by atoms with Crippen molar-refractivity contribution in [3.8, 4) is 5.75 Å². The van der Waals surface area contributed by atoms with E-state index in [4.69, 9.17) is 10.5 Å². The van der Waals surface area contributed by atoms with Gasteiger partial charge in [-0.3, -0.25) is 9.78 Å². The number of nitrogens with two attached hydrogens (primary N) is 1. The maximum absolute atomic E-state index is 10.9. The van der Waals surface area contributed by atoms with Crippen molar-refractivity contribution in [2.45, 2.75) is 6.61 Å². The van der Waals surface area contributed by atoms with Gasteiger partial charge in [-0.25, -0.2) is 0 Å². The van der Waals surface area contributed by atoms with E-state index >= 15 is 0 Å². The Morgan fingerprint density at radius 1 is 1.28 bits per heavy atom. The van der Waals surface area contributed by atoms with Gasteiger partial charge in [-0.2, -0.15) is 0 Å². The molecule has 4 nitrogen and oxygen atoms in total. The number of amides is 1. The Labute approximate surface area is 113 Å². The molecule has 2 aromatic rings. The van der Waals surface area contributed by atoms with Crippen molar-refractivity contribution in [1.29, 1.82) is 0 Å². The van der Waals surface area contributed by atoms with Crippen molar-refractivity contribution in [2.24, 2.45) is 5.73 Å². The summed E-state index contributed by atoms with van der Waals surface area (Å²) in [6.07, 6.45) is 3.33. The quantitative estimate of drug-likeness (QED) is 0.944. The summed E-state index contributed by atoms with van der Waals surface area (Å²) >= 11 is 3.32. The highest BCUT2D eigenvalue weighted by Crippen LogP contribution is 2.17. The third-order valence-corrected chi connectivity index (χ3v) is 2.76. The van der Waals surface area contributed by atoms with Crippen molar-refractivity contribution in [2.75, 3.05) is 0 Å². The van der Waals surface area contributed by atoms with E-state index in [1.54, 1.807) is 24.5 Å². The zero-order valence-electron chi connectivity index (χ0n) is 9.47. The van der Waals surface area contributed by atoms with Crippen LogP contribution in [0.2, 0.25) is 0 Å². The summed E-state index contributed by atoms with van der Waals surface area (Å²) in [5, 5.41) is 0.